The van der Waals surface area contributed by atoms with E-state index < -0.39 is 47.2 Å². The smallest absolute Gasteiger partial charge is 0.387 e. The van der Waals surface area contributed by atoms with Crippen LogP contribution in [-0.2, 0) is 6.18 Å². The van der Waals surface area contributed by atoms with Crippen LogP contribution in [0.15, 0.2) is 42.7 Å². The molecule has 1 aliphatic carbocycles. The zero-order valence-corrected chi connectivity index (χ0v) is 18.7. The van der Waals surface area contributed by atoms with Crippen molar-refractivity contribution in [1.82, 2.24) is 25.3 Å². The standard InChI is InChI=1S/C22H19ClF5N5O2/c23-17-13(2-1-3-15(17)25)18(21(35)8-6-12(24)7-9-21)32-20(34)14-4-5-16(22(26,27)28)31-19(14)33-29-10-11-30-33/h1-5,10-12,18,35H,6-9H2,(H,32,34). The molecule has 1 unspecified atom stereocenters. The molecule has 1 aliphatic rings. The van der Waals surface area contributed by atoms with Gasteiger partial charge in [-0.25, -0.2) is 13.8 Å². The first-order valence-corrected chi connectivity index (χ1v) is 10.9. The Morgan fingerprint density at radius 1 is 1.17 bits per heavy atom. The molecular weight excluding hydrogens is 497 g/mol. The van der Waals surface area contributed by atoms with Crippen LogP contribution in [-0.4, -0.2) is 42.8 Å². The average molecular weight is 516 g/mol. The number of aromatic nitrogens is 4. The fraction of sp³-hybridized carbons (Fsp3) is 0.364. The summed E-state index contributed by atoms with van der Waals surface area (Å²) in [4.78, 5) is 17.6. The van der Waals surface area contributed by atoms with Crippen molar-refractivity contribution in [3.05, 3.63) is 70.4 Å². The molecule has 2 heterocycles. The largest absolute Gasteiger partial charge is 0.433 e. The Hall–Kier alpha value is -3.12. The number of rotatable bonds is 5. The van der Waals surface area contributed by atoms with Crippen molar-refractivity contribution < 1.29 is 31.9 Å². The zero-order chi connectivity index (χ0) is 25.4. The molecule has 1 aromatic carbocycles. The molecule has 1 fully saturated rings. The maximum Gasteiger partial charge on any atom is 0.433 e. The van der Waals surface area contributed by atoms with Gasteiger partial charge < -0.3 is 10.4 Å². The van der Waals surface area contributed by atoms with Gasteiger partial charge in [-0.3, -0.25) is 4.79 Å². The molecule has 35 heavy (non-hydrogen) atoms. The SMILES string of the molecule is O=C(NC(c1cccc(F)c1Cl)C1(O)CCC(F)CC1)c1ccc(C(F)(F)F)nc1-n1nccn1. The second-order valence-electron chi connectivity index (χ2n) is 8.21. The molecule has 2 aromatic heterocycles. The number of hydrogen-bond acceptors (Lipinski definition) is 5. The van der Waals surface area contributed by atoms with E-state index in [1.807, 2.05) is 0 Å². The number of aliphatic hydroxyl groups is 1. The van der Waals surface area contributed by atoms with E-state index in [-0.39, 0.29) is 41.8 Å². The van der Waals surface area contributed by atoms with Crippen LogP contribution < -0.4 is 5.32 Å². The predicted molar refractivity (Wildman–Crippen MR) is 114 cm³/mol. The van der Waals surface area contributed by atoms with E-state index in [4.69, 9.17) is 11.6 Å². The first-order valence-electron chi connectivity index (χ1n) is 10.6. The van der Waals surface area contributed by atoms with Gasteiger partial charge in [0.25, 0.3) is 5.91 Å². The lowest BCUT2D eigenvalue weighted by atomic mass is 9.76. The number of alkyl halides is 4. The number of amides is 1. The number of carbonyl (C=O) groups is 1. The normalized spacial score (nSPS) is 21.5. The van der Waals surface area contributed by atoms with Crippen LogP contribution >= 0.6 is 11.6 Å². The summed E-state index contributed by atoms with van der Waals surface area (Å²) in [7, 11) is 0. The first kappa shape index (κ1) is 25.0. The van der Waals surface area contributed by atoms with E-state index in [1.165, 1.54) is 24.5 Å². The Morgan fingerprint density at radius 2 is 1.83 bits per heavy atom. The van der Waals surface area contributed by atoms with Crippen LogP contribution in [0.3, 0.4) is 0 Å². The lowest BCUT2D eigenvalue weighted by molar-refractivity contribution is -0.141. The summed E-state index contributed by atoms with van der Waals surface area (Å²) < 4.78 is 67.8. The molecule has 186 valence electrons. The van der Waals surface area contributed by atoms with Crippen molar-refractivity contribution in [1.29, 1.82) is 0 Å². The molecule has 2 N–H and O–H groups in total. The van der Waals surface area contributed by atoms with Crippen LogP contribution in [0.1, 0.15) is 53.3 Å². The Bertz CT molecular complexity index is 1210. The van der Waals surface area contributed by atoms with Gasteiger partial charge in [-0.15, -0.1) is 4.80 Å². The lowest BCUT2D eigenvalue weighted by Crippen LogP contribution is -2.49. The van der Waals surface area contributed by atoms with E-state index in [2.05, 4.69) is 20.5 Å². The van der Waals surface area contributed by atoms with Crippen molar-refractivity contribution in [2.75, 3.05) is 0 Å². The topological polar surface area (TPSA) is 92.9 Å². The third-order valence-corrected chi connectivity index (χ3v) is 6.30. The summed E-state index contributed by atoms with van der Waals surface area (Å²) in [5.74, 6) is -2.26. The van der Waals surface area contributed by atoms with Crippen LogP contribution in [0.5, 0.6) is 0 Å². The summed E-state index contributed by atoms with van der Waals surface area (Å²) in [6, 6.07) is 4.04. The minimum atomic E-state index is -4.80. The molecule has 13 heteroatoms. The number of nitrogens with zero attached hydrogens (tertiary/aromatic N) is 4. The molecule has 3 aromatic rings. The Balaban J connectivity index is 1.77. The minimum absolute atomic E-state index is 0.0000968. The highest BCUT2D eigenvalue weighted by molar-refractivity contribution is 6.31. The summed E-state index contributed by atoms with van der Waals surface area (Å²) >= 11 is 6.14. The average Bonchev–Trinajstić information content (AvgIpc) is 3.35. The van der Waals surface area contributed by atoms with Gasteiger partial charge in [0.05, 0.1) is 34.6 Å². The second-order valence-corrected chi connectivity index (χ2v) is 8.59. The highest BCUT2D eigenvalue weighted by Crippen LogP contribution is 2.42. The van der Waals surface area contributed by atoms with Gasteiger partial charge >= 0.3 is 6.18 Å². The van der Waals surface area contributed by atoms with Crippen LogP contribution in [0.25, 0.3) is 5.82 Å². The van der Waals surface area contributed by atoms with E-state index in [9.17, 15) is 31.9 Å². The third-order valence-electron chi connectivity index (χ3n) is 5.90. The van der Waals surface area contributed by atoms with Gasteiger partial charge in [0.1, 0.15) is 17.7 Å². The maximum absolute atomic E-state index is 14.2. The summed E-state index contributed by atoms with van der Waals surface area (Å²) in [5, 5.41) is 21.1. The number of hydrogen-bond donors (Lipinski definition) is 2. The molecule has 0 radical (unpaired) electrons. The predicted octanol–water partition coefficient (Wildman–Crippen LogP) is 4.59. The highest BCUT2D eigenvalue weighted by atomic mass is 35.5. The molecule has 0 saturated heterocycles. The molecule has 7 nitrogen and oxygen atoms in total. The molecule has 1 atom stereocenters. The molecule has 1 saturated carbocycles. The van der Waals surface area contributed by atoms with Crippen molar-refractivity contribution >= 4 is 17.5 Å². The number of pyridine rings is 1. The lowest BCUT2D eigenvalue weighted by Gasteiger charge is -2.41. The fourth-order valence-electron chi connectivity index (χ4n) is 4.09. The van der Waals surface area contributed by atoms with Gasteiger partial charge in [-0.2, -0.15) is 23.4 Å². The van der Waals surface area contributed by atoms with E-state index in [1.54, 1.807) is 0 Å². The monoisotopic (exact) mass is 515 g/mol. The summed E-state index contributed by atoms with van der Waals surface area (Å²) in [5.41, 5.74) is -3.27. The van der Waals surface area contributed by atoms with Gasteiger partial charge in [-0.1, -0.05) is 23.7 Å². The zero-order valence-electron chi connectivity index (χ0n) is 17.9. The van der Waals surface area contributed by atoms with Gasteiger partial charge in [-0.05, 0) is 49.4 Å². The quantitative estimate of drug-likeness (QED) is 0.485. The fourth-order valence-corrected chi connectivity index (χ4v) is 4.32. The summed E-state index contributed by atoms with van der Waals surface area (Å²) in [6.07, 6.45) is -3.69. The van der Waals surface area contributed by atoms with Crippen molar-refractivity contribution in [2.45, 2.75) is 49.7 Å². The van der Waals surface area contributed by atoms with Gasteiger partial charge in [0.15, 0.2) is 5.82 Å². The number of nitrogens with one attached hydrogen (secondary N) is 1. The molecule has 0 bridgehead atoms. The number of halogens is 6. The Labute approximate surface area is 200 Å². The van der Waals surface area contributed by atoms with Crippen LogP contribution in [0.4, 0.5) is 22.0 Å². The second kappa shape index (κ2) is 9.50. The number of benzene rings is 1. The van der Waals surface area contributed by atoms with Crippen molar-refractivity contribution in [3.63, 3.8) is 0 Å². The van der Waals surface area contributed by atoms with E-state index in [0.717, 1.165) is 16.9 Å². The Morgan fingerprint density at radius 3 is 2.46 bits per heavy atom. The first-order chi connectivity index (χ1) is 16.5. The van der Waals surface area contributed by atoms with Crippen LogP contribution in [0.2, 0.25) is 5.02 Å². The van der Waals surface area contributed by atoms with Crippen molar-refractivity contribution in [2.24, 2.45) is 0 Å². The van der Waals surface area contributed by atoms with E-state index >= 15 is 0 Å². The van der Waals surface area contributed by atoms with Crippen LogP contribution in [0, 0.1) is 5.82 Å². The third kappa shape index (κ3) is 5.13. The van der Waals surface area contributed by atoms with Crippen molar-refractivity contribution in [3.8, 4) is 5.82 Å². The molecular formula is C22H19ClF5N5O2. The molecule has 4 rings (SSSR count). The number of carbonyl (C=O) groups excluding carboxylic acids is 1. The molecule has 1 amide bonds. The Kier molecular flexibility index (Phi) is 6.78. The van der Waals surface area contributed by atoms with E-state index in [0.29, 0.717) is 6.07 Å². The highest BCUT2D eigenvalue weighted by Gasteiger charge is 2.43. The minimum Gasteiger partial charge on any atom is -0.387 e. The summed E-state index contributed by atoms with van der Waals surface area (Å²) in [6.45, 7) is 0. The molecule has 0 aliphatic heterocycles. The van der Waals surface area contributed by atoms with Gasteiger partial charge in [0.2, 0.25) is 0 Å². The molecule has 0 spiro atoms. The van der Waals surface area contributed by atoms with Gasteiger partial charge in [0, 0.05) is 0 Å². The maximum atomic E-state index is 14.2.